The van der Waals surface area contributed by atoms with Crippen LogP contribution in [-0.2, 0) is 18.6 Å². The Morgan fingerprint density at radius 3 is 2.40 bits per heavy atom. The molecule has 0 amide bonds. The Morgan fingerprint density at radius 1 is 1.13 bits per heavy atom. The number of hydrogen-bond acceptors (Lipinski definition) is 7. The molecular formula is C19H33N2O8P. The fourth-order valence-corrected chi connectivity index (χ4v) is 4.12. The van der Waals surface area contributed by atoms with Crippen LogP contribution in [0, 0.1) is 0 Å². The van der Waals surface area contributed by atoms with E-state index in [1.807, 2.05) is 0 Å². The highest BCUT2D eigenvalue weighted by Crippen LogP contribution is 2.37. The summed E-state index contributed by atoms with van der Waals surface area (Å²) in [7, 11) is -3.33. The first-order valence-electron chi connectivity index (χ1n) is 10.6. The normalized spacial score (nSPS) is 24.9. The molecule has 1 aromatic heterocycles. The SMILES string of the molecule is CCCCCCCCCCOC1C(O[PH](=O)O)[C@@H](CO)O[C@H]1n1ccc(=O)[nH]c1=O. The third-order valence-corrected chi connectivity index (χ3v) is 5.61. The molecule has 1 saturated heterocycles. The van der Waals surface area contributed by atoms with Gasteiger partial charge in [-0.15, -0.1) is 0 Å². The summed E-state index contributed by atoms with van der Waals surface area (Å²) in [5.41, 5.74) is -1.26. The number of ether oxygens (including phenoxy) is 2. The third-order valence-electron chi connectivity index (χ3n) is 5.14. The first-order valence-corrected chi connectivity index (χ1v) is 11.8. The van der Waals surface area contributed by atoms with Crippen LogP contribution in [0.25, 0.3) is 0 Å². The lowest BCUT2D eigenvalue weighted by Gasteiger charge is -2.24. The number of aromatic nitrogens is 2. The van der Waals surface area contributed by atoms with E-state index in [1.54, 1.807) is 0 Å². The lowest BCUT2D eigenvalue weighted by atomic mass is 10.1. The Bertz CT molecular complexity index is 767. The van der Waals surface area contributed by atoms with E-state index in [2.05, 4.69) is 11.9 Å². The number of rotatable bonds is 14. The predicted octanol–water partition coefficient (Wildman–Crippen LogP) is 1.72. The largest absolute Gasteiger partial charge is 0.394 e. The number of unbranched alkanes of at least 4 members (excludes halogenated alkanes) is 7. The van der Waals surface area contributed by atoms with Crippen molar-refractivity contribution in [2.45, 2.75) is 82.8 Å². The molecule has 5 atom stereocenters. The molecule has 1 fully saturated rings. The molecule has 1 aromatic rings. The zero-order chi connectivity index (χ0) is 21.9. The maximum atomic E-state index is 12.2. The van der Waals surface area contributed by atoms with Gasteiger partial charge >= 0.3 is 13.9 Å². The monoisotopic (exact) mass is 448 g/mol. The minimum Gasteiger partial charge on any atom is -0.394 e. The molecule has 3 unspecified atom stereocenters. The van der Waals surface area contributed by atoms with Gasteiger partial charge in [-0.2, -0.15) is 0 Å². The molecule has 0 aromatic carbocycles. The van der Waals surface area contributed by atoms with Crippen molar-refractivity contribution in [3.63, 3.8) is 0 Å². The van der Waals surface area contributed by atoms with Crippen LogP contribution < -0.4 is 11.2 Å². The smallest absolute Gasteiger partial charge is 0.330 e. The van der Waals surface area contributed by atoms with Gasteiger partial charge in [0.1, 0.15) is 18.3 Å². The lowest BCUT2D eigenvalue weighted by molar-refractivity contribution is -0.0744. The number of hydrogen-bond donors (Lipinski definition) is 3. The fourth-order valence-electron chi connectivity index (χ4n) is 3.60. The summed E-state index contributed by atoms with van der Waals surface area (Å²) >= 11 is 0. The van der Waals surface area contributed by atoms with Gasteiger partial charge in [0.25, 0.3) is 5.56 Å². The number of H-pyrrole nitrogens is 1. The van der Waals surface area contributed by atoms with Crippen LogP contribution >= 0.6 is 8.25 Å². The molecule has 3 N–H and O–H groups in total. The van der Waals surface area contributed by atoms with Crippen molar-refractivity contribution in [3.05, 3.63) is 33.1 Å². The van der Waals surface area contributed by atoms with Gasteiger partial charge in [0, 0.05) is 18.9 Å². The Kier molecular flexibility index (Phi) is 11.0. The molecule has 0 spiro atoms. The molecule has 172 valence electrons. The average molecular weight is 448 g/mol. The van der Waals surface area contributed by atoms with Gasteiger partial charge in [-0.05, 0) is 6.42 Å². The Morgan fingerprint density at radius 2 is 1.80 bits per heavy atom. The number of aliphatic hydroxyl groups excluding tert-OH is 1. The average Bonchev–Trinajstić information content (AvgIpc) is 3.03. The molecule has 30 heavy (non-hydrogen) atoms. The van der Waals surface area contributed by atoms with Crippen molar-refractivity contribution < 1.29 is 28.6 Å². The summed E-state index contributed by atoms with van der Waals surface area (Å²) in [4.78, 5) is 34.9. The number of nitrogens with one attached hydrogen (secondary N) is 1. The van der Waals surface area contributed by atoms with E-state index in [4.69, 9.17) is 14.0 Å². The van der Waals surface area contributed by atoms with Crippen LogP contribution in [0.4, 0.5) is 0 Å². The summed E-state index contributed by atoms with van der Waals surface area (Å²) < 4.78 is 29.1. The number of aliphatic hydroxyl groups is 1. The first-order chi connectivity index (χ1) is 14.5. The van der Waals surface area contributed by atoms with Crippen molar-refractivity contribution in [1.82, 2.24) is 9.55 Å². The van der Waals surface area contributed by atoms with Crippen molar-refractivity contribution in [1.29, 1.82) is 0 Å². The molecular weight excluding hydrogens is 415 g/mol. The highest BCUT2D eigenvalue weighted by molar-refractivity contribution is 7.32. The highest BCUT2D eigenvalue weighted by Gasteiger charge is 2.48. The molecule has 2 rings (SSSR count). The summed E-state index contributed by atoms with van der Waals surface area (Å²) in [6.45, 7) is 2.05. The molecule has 1 aliphatic rings. The quantitative estimate of drug-likeness (QED) is 0.289. The van der Waals surface area contributed by atoms with E-state index in [1.165, 1.54) is 38.3 Å². The molecule has 1 aliphatic heterocycles. The molecule has 0 aliphatic carbocycles. The fraction of sp³-hybridized carbons (Fsp3) is 0.789. The molecule has 0 bridgehead atoms. The lowest BCUT2D eigenvalue weighted by Crippen LogP contribution is -2.40. The van der Waals surface area contributed by atoms with Crippen LogP contribution in [0.3, 0.4) is 0 Å². The summed E-state index contributed by atoms with van der Waals surface area (Å²) in [6, 6.07) is 1.16. The Labute approximate surface area is 176 Å². The van der Waals surface area contributed by atoms with Gasteiger partial charge < -0.3 is 24.0 Å². The third kappa shape index (κ3) is 7.44. The highest BCUT2D eigenvalue weighted by atomic mass is 31.1. The van der Waals surface area contributed by atoms with E-state index < -0.39 is 50.7 Å². The minimum absolute atomic E-state index is 0.349. The molecule has 0 radical (unpaired) electrons. The van der Waals surface area contributed by atoms with E-state index in [0.717, 1.165) is 29.9 Å². The number of nitrogens with zero attached hydrogens (tertiary/aromatic N) is 1. The summed E-state index contributed by atoms with van der Waals surface area (Å²) in [5.74, 6) is 0. The van der Waals surface area contributed by atoms with E-state index in [9.17, 15) is 24.2 Å². The topological polar surface area (TPSA) is 140 Å². The van der Waals surface area contributed by atoms with Crippen LogP contribution in [0.1, 0.15) is 64.5 Å². The van der Waals surface area contributed by atoms with Crippen molar-refractivity contribution in [2.75, 3.05) is 13.2 Å². The molecule has 0 saturated carbocycles. The molecule has 2 heterocycles. The van der Waals surface area contributed by atoms with Crippen molar-refractivity contribution >= 4 is 8.25 Å². The molecule has 10 nitrogen and oxygen atoms in total. The predicted molar refractivity (Wildman–Crippen MR) is 111 cm³/mol. The summed E-state index contributed by atoms with van der Waals surface area (Å²) in [5, 5.41) is 9.60. The Balaban J connectivity index is 1.99. The maximum absolute atomic E-state index is 12.2. The van der Waals surface area contributed by atoms with Gasteiger partial charge in [-0.25, -0.2) is 4.79 Å². The van der Waals surface area contributed by atoms with Crippen LogP contribution in [0.5, 0.6) is 0 Å². The Hall–Kier alpha value is -1.29. The van der Waals surface area contributed by atoms with Gasteiger partial charge in [-0.1, -0.05) is 51.9 Å². The minimum atomic E-state index is -3.33. The molecule has 11 heteroatoms. The maximum Gasteiger partial charge on any atom is 0.330 e. The standard InChI is InChI=1S/C19H33N2O8P/c1-2-3-4-5-6-7-8-9-12-27-17-16(29-30(25)26)14(13-22)28-18(17)21-11-10-15(23)20-19(21)24/h10-11,14,16-18,22,30H,2-9,12-13H2,1H3,(H,25,26)(H,20,23,24)/t14-,16?,17?,18-/m1/s1. The second-order valence-corrected chi connectivity index (χ2v) is 8.19. The van der Waals surface area contributed by atoms with Crippen LogP contribution in [0.15, 0.2) is 21.9 Å². The number of aromatic amines is 1. The zero-order valence-corrected chi connectivity index (χ0v) is 18.3. The second-order valence-electron chi connectivity index (χ2n) is 7.42. The van der Waals surface area contributed by atoms with Crippen LogP contribution in [0.2, 0.25) is 0 Å². The van der Waals surface area contributed by atoms with Gasteiger partial charge in [0.2, 0.25) is 0 Å². The van der Waals surface area contributed by atoms with Crippen LogP contribution in [-0.4, -0.2) is 51.1 Å². The van der Waals surface area contributed by atoms with E-state index >= 15 is 0 Å². The first kappa shape index (κ1) is 25.0. The second kappa shape index (κ2) is 13.2. The van der Waals surface area contributed by atoms with Gasteiger partial charge in [-0.3, -0.25) is 18.9 Å². The zero-order valence-electron chi connectivity index (χ0n) is 17.3. The summed E-state index contributed by atoms with van der Waals surface area (Å²) in [6.07, 6.45) is 6.38. The van der Waals surface area contributed by atoms with Crippen molar-refractivity contribution in [3.8, 4) is 0 Å². The van der Waals surface area contributed by atoms with Gasteiger partial charge in [0.15, 0.2) is 6.23 Å². The van der Waals surface area contributed by atoms with Gasteiger partial charge in [0.05, 0.1) is 6.61 Å². The van der Waals surface area contributed by atoms with E-state index in [0.29, 0.717) is 6.61 Å². The van der Waals surface area contributed by atoms with E-state index in [-0.39, 0.29) is 0 Å². The van der Waals surface area contributed by atoms with Crippen molar-refractivity contribution in [2.24, 2.45) is 0 Å².